The molecule has 138 valence electrons. The van der Waals surface area contributed by atoms with E-state index < -0.39 is 0 Å². The van der Waals surface area contributed by atoms with E-state index in [-0.39, 0.29) is 5.41 Å². The minimum Gasteiger partial charge on any atom is -0.0990 e. The van der Waals surface area contributed by atoms with Gasteiger partial charge < -0.3 is 0 Å². The molecule has 1 heteroatoms. The number of halogens is 1. The van der Waals surface area contributed by atoms with Crippen molar-refractivity contribution in [3.63, 3.8) is 0 Å². The molecule has 0 bridgehead atoms. The van der Waals surface area contributed by atoms with Gasteiger partial charge in [0.1, 0.15) is 0 Å². The highest BCUT2D eigenvalue weighted by molar-refractivity contribution is 14.1. The largest absolute Gasteiger partial charge is 0.0990 e. The van der Waals surface area contributed by atoms with E-state index in [4.69, 9.17) is 0 Å². The summed E-state index contributed by atoms with van der Waals surface area (Å²) in [7, 11) is 0. The molecule has 4 rings (SSSR count). The number of hydrogen-bond acceptors (Lipinski definition) is 0. The van der Waals surface area contributed by atoms with Gasteiger partial charge in [0.05, 0.1) is 0 Å². The summed E-state index contributed by atoms with van der Waals surface area (Å²) in [5, 5.41) is 0. The van der Waals surface area contributed by atoms with E-state index in [0.717, 1.165) is 12.8 Å². The number of fused-ring (bicyclic) bond motifs is 2. The Morgan fingerprint density at radius 1 is 1.21 bits per heavy atom. The van der Waals surface area contributed by atoms with Crippen molar-refractivity contribution in [3.05, 3.63) is 105 Å². The first-order chi connectivity index (χ1) is 13.5. The average molecular weight is 474 g/mol. The minimum absolute atomic E-state index is 0.0130. The Hall–Kier alpha value is -2.31. The molecule has 1 aromatic rings. The van der Waals surface area contributed by atoms with Crippen molar-refractivity contribution in [2.75, 3.05) is 0 Å². The van der Waals surface area contributed by atoms with E-state index in [1.165, 1.54) is 42.6 Å². The predicted octanol–water partition coefficient (Wildman–Crippen LogP) is 7.47. The van der Waals surface area contributed by atoms with Gasteiger partial charge in [-0.15, -0.1) is 0 Å². The molecule has 0 saturated carbocycles. The zero-order valence-electron chi connectivity index (χ0n) is 16.4. The molecule has 0 spiro atoms. The number of allylic oxidation sites excluding steroid dienone is 13. The van der Waals surface area contributed by atoms with Crippen LogP contribution < -0.4 is 0 Å². The molecule has 1 aromatic carbocycles. The molecule has 3 aliphatic rings. The summed E-state index contributed by atoms with van der Waals surface area (Å²) in [6, 6.07) is 6.89. The van der Waals surface area contributed by atoms with Gasteiger partial charge in [0.2, 0.25) is 0 Å². The molecule has 0 unspecified atom stereocenters. The first-order valence-corrected chi connectivity index (χ1v) is 10.7. The van der Waals surface area contributed by atoms with Crippen molar-refractivity contribution in [2.24, 2.45) is 0 Å². The first-order valence-electron chi connectivity index (χ1n) is 9.61. The first kappa shape index (κ1) is 19.0. The van der Waals surface area contributed by atoms with Crippen LogP contribution in [0.1, 0.15) is 43.4 Å². The molecule has 0 atom stereocenters. The van der Waals surface area contributed by atoms with Gasteiger partial charge in [-0.2, -0.15) is 0 Å². The van der Waals surface area contributed by atoms with Crippen LogP contribution in [-0.4, -0.2) is 0 Å². The van der Waals surface area contributed by atoms with Gasteiger partial charge in [-0.1, -0.05) is 74.8 Å². The van der Waals surface area contributed by atoms with Crippen LogP contribution in [0.3, 0.4) is 0 Å². The maximum Gasteiger partial charge on any atom is 0.0353 e. The second-order valence-corrected chi connectivity index (χ2v) is 9.06. The highest BCUT2D eigenvalue weighted by atomic mass is 127. The smallest absolute Gasteiger partial charge is 0.0353 e. The van der Waals surface area contributed by atoms with Crippen molar-refractivity contribution < 1.29 is 0 Å². The van der Waals surface area contributed by atoms with Gasteiger partial charge in [0, 0.05) is 15.4 Å². The molecule has 0 aliphatic heterocycles. The molecule has 0 fully saturated rings. The maximum absolute atomic E-state index is 3.93. The fourth-order valence-electron chi connectivity index (χ4n) is 4.19. The predicted molar refractivity (Wildman–Crippen MR) is 130 cm³/mol. The summed E-state index contributed by atoms with van der Waals surface area (Å²) in [6.45, 7) is 8.57. The maximum atomic E-state index is 3.93. The second kappa shape index (κ2) is 7.60. The lowest BCUT2D eigenvalue weighted by Crippen LogP contribution is -2.16. The van der Waals surface area contributed by atoms with Crippen LogP contribution in [0.15, 0.2) is 88.1 Å². The Kier molecular flexibility index (Phi) is 5.17. The molecule has 3 aliphatic carbocycles. The topological polar surface area (TPSA) is 0 Å². The fraction of sp³-hybridized carbons (Fsp3) is 0.185. The SMILES string of the molecule is C=C/C=C(\C=C1\C=CC(I)=CC1)c1ccc2c(c1)C(C)(C)C1=C2CC#CC=C1. The number of rotatable bonds is 3. The molecule has 0 nitrogen and oxygen atoms in total. The van der Waals surface area contributed by atoms with Gasteiger partial charge in [0.15, 0.2) is 0 Å². The standard InChI is InChI=1S/C27H23I/c1-4-8-20(17-19-11-14-22(28)15-12-19)21-13-16-24-23-9-6-5-7-10-25(23)27(2,3)26(24)18-21/h4,7-8,10-11,13-18H,1,9,12H2,2-3H3/b19-17-,20-8+. The van der Waals surface area contributed by atoms with Crippen LogP contribution in [0.5, 0.6) is 0 Å². The Morgan fingerprint density at radius 2 is 2.07 bits per heavy atom. The fourth-order valence-corrected chi connectivity index (χ4v) is 4.59. The van der Waals surface area contributed by atoms with Gasteiger partial charge in [-0.3, -0.25) is 0 Å². The van der Waals surface area contributed by atoms with E-state index in [2.05, 4.69) is 110 Å². The monoisotopic (exact) mass is 474 g/mol. The van der Waals surface area contributed by atoms with E-state index in [9.17, 15) is 0 Å². The summed E-state index contributed by atoms with van der Waals surface area (Å²) in [5.41, 5.74) is 9.27. The molecule has 0 aromatic heterocycles. The van der Waals surface area contributed by atoms with Gasteiger partial charge in [-0.25, -0.2) is 0 Å². The van der Waals surface area contributed by atoms with Gasteiger partial charge in [0.25, 0.3) is 0 Å². The summed E-state index contributed by atoms with van der Waals surface area (Å²) >= 11 is 2.37. The lowest BCUT2D eigenvalue weighted by Gasteiger charge is -2.23. The Labute approximate surface area is 182 Å². The van der Waals surface area contributed by atoms with Crippen molar-refractivity contribution in [2.45, 2.75) is 32.1 Å². The zero-order chi connectivity index (χ0) is 19.7. The molecular weight excluding hydrogens is 451 g/mol. The Bertz CT molecular complexity index is 1100. The lowest BCUT2D eigenvalue weighted by molar-refractivity contribution is 0.653. The van der Waals surface area contributed by atoms with Crippen LogP contribution in [-0.2, 0) is 5.41 Å². The molecule has 0 amide bonds. The summed E-state index contributed by atoms with van der Waals surface area (Å²) < 4.78 is 1.30. The summed E-state index contributed by atoms with van der Waals surface area (Å²) in [6.07, 6.45) is 18.9. The van der Waals surface area contributed by atoms with Crippen LogP contribution >= 0.6 is 22.6 Å². The molecule has 28 heavy (non-hydrogen) atoms. The average Bonchev–Trinajstić information content (AvgIpc) is 2.86. The van der Waals surface area contributed by atoms with E-state index >= 15 is 0 Å². The summed E-state index contributed by atoms with van der Waals surface area (Å²) in [4.78, 5) is 0. The van der Waals surface area contributed by atoms with Crippen molar-refractivity contribution >= 4 is 33.7 Å². The summed E-state index contributed by atoms with van der Waals surface area (Å²) in [5.74, 6) is 6.40. The highest BCUT2D eigenvalue weighted by Gasteiger charge is 2.36. The molecule has 0 radical (unpaired) electrons. The third-order valence-corrected chi connectivity index (χ3v) is 6.48. The normalized spacial score (nSPS) is 20.9. The third kappa shape index (κ3) is 3.42. The van der Waals surface area contributed by atoms with Gasteiger partial charge in [-0.05, 0) is 92.3 Å². The third-order valence-electron chi connectivity index (χ3n) is 5.68. The zero-order valence-corrected chi connectivity index (χ0v) is 18.5. The van der Waals surface area contributed by atoms with Crippen LogP contribution in [0.25, 0.3) is 11.1 Å². The molecule has 0 heterocycles. The van der Waals surface area contributed by atoms with E-state index in [0.29, 0.717) is 0 Å². The Balaban J connectivity index is 1.76. The molecule has 0 N–H and O–H groups in total. The van der Waals surface area contributed by atoms with Crippen molar-refractivity contribution in [1.29, 1.82) is 0 Å². The number of benzene rings is 1. The quantitative estimate of drug-likeness (QED) is 0.242. The highest BCUT2D eigenvalue weighted by Crippen LogP contribution is 2.49. The number of hydrogen-bond donors (Lipinski definition) is 0. The van der Waals surface area contributed by atoms with Gasteiger partial charge >= 0.3 is 0 Å². The van der Waals surface area contributed by atoms with E-state index in [1.54, 1.807) is 0 Å². The van der Waals surface area contributed by atoms with E-state index in [1.807, 2.05) is 12.2 Å². The van der Waals surface area contributed by atoms with Crippen molar-refractivity contribution in [1.82, 2.24) is 0 Å². The Morgan fingerprint density at radius 3 is 2.82 bits per heavy atom. The second-order valence-electron chi connectivity index (χ2n) is 7.81. The minimum atomic E-state index is -0.0130. The molecular formula is C27H23I. The van der Waals surface area contributed by atoms with Crippen LogP contribution in [0.4, 0.5) is 0 Å². The van der Waals surface area contributed by atoms with Crippen molar-refractivity contribution in [3.8, 4) is 11.8 Å². The van der Waals surface area contributed by atoms with Crippen LogP contribution in [0.2, 0.25) is 0 Å². The molecule has 0 saturated heterocycles. The lowest BCUT2D eigenvalue weighted by atomic mass is 9.80. The van der Waals surface area contributed by atoms with Crippen LogP contribution in [0, 0.1) is 11.8 Å².